The number of rotatable bonds is 4. The first-order valence-corrected chi connectivity index (χ1v) is 3.45. The summed E-state index contributed by atoms with van der Waals surface area (Å²) in [6, 6.07) is 0. The molecule has 0 rings (SSSR count). The zero-order valence-corrected chi connectivity index (χ0v) is 7.21. The first kappa shape index (κ1) is 11.1. The first-order valence-electron chi connectivity index (χ1n) is 2.70. The molecule has 8 heteroatoms. The van der Waals surface area contributed by atoms with E-state index in [0.29, 0.717) is 0 Å². The Labute approximate surface area is 77.1 Å². The summed E-state index contributed by atoms with van der Waals surface area (Å²) in [5.74, 6) is 0. The van der Waals surface area contributed by atoms with Crippen LogP contribution in [0.1, 0.15) is 0 Å². The van der Waals surface area contributed by atoms with Gasteiger partial charge in [-0.3, -0.25) is 20.2 Å². The molecule has 0 saturated heterocycles. The Morgan fingerprint density at radius 1 is 1.08 bits per heavy atom. The first-order chi connectivity index (χ1) is 5.43. The molecule has 0 aromatic heterocycles. The standard InChI is InChI=1S/C4H4Cl2N2O4/c5-4(6)3(1-7(9)10)2-8(11)12/h1-2H2. The molecule has 0 unspecified atom stereocenters. The maximum atomic E-state index is 9.93. The van der Waals surface area contributed by atoms with Crippen molar-refractivity contribution in [3.8, 4) is 0 Å². The molecule has 0 fully saturated rings. The van der Waals surface area contributed by atoms with E-state index in [-0.39, 0.29) is 5.57 Å². The average Bonchev–Trinajstić information content (AvgIpc) is 1.83. The molecule has 0 saturated carbocycles. The molecule has 0 amide bonds. The lowest BCUT2D eigenvalue weighted by Gasteiger charge is -1.96. The number of nitrogens with zero attached hydrogens (tertiary/aromatic N) is 2. The van der Waals surface area contributed by atoms with Gasteiger partial charge in [0.1, 0.15) is 10.1 Å². The van der Waals surface area contributed by atoms with Gasteiger partial charge in [-0.15, -0.1) is 0 Å². The molecule has 0 aliphatic heterocycles. The largest absolute Gasteiger partial charge is 0.264 e. The molecule has 0 radical (unpaired) electrons. The average molecular weight is 215 g/mol. The van der Waals surface area contributed by atoms with Gasteiger partial charge in [-0.25, -0.2) is 0 Å². The van der Waals surface area contributed by atoms with E-state index in [9.17, 15) is 20.2 Å². The highest BCUT2D eigenvalue weighted by Crippen LogP contribution is 2.14. The lowest BCUT2D eigenvalue weighted by molar-refractivity contribution is -0.494. The molecule has 0 atom stereocenters. The third kappa shape index (κ3) is 4.86. The minimum Gasteiger partial charge on any atom is -0.264 e. The molecule has 68 valence electrons. The van der Waals surface area contributed by atoms with E-state index in [2.05, 4.69) is 0 Å². The van der Waals surface area contributed by atoms with Gasteiger partial charge in [0.05, 0.1) is 0 Å². The molecule has 0 N–H and O–H groups in total. The van der Waals surface area contributed by atoms with Gasteiger partial charge in [0.15, 0.2) is 0 Å². The van der Waals surface area contributed by atoms with Crippen LogP contribution in [0, 0.1) is 20.2 Å². The molecule has 0 aromatic carbocycles. The fourth-order valence-corrected chi connectivity index (χ4v) is 0.720. The quantitative estimate of drug-likeness (QED) is 0.521. The normalized spacial score (nSPS) is 9.17. The highest BCUT2D eigenvalue weighted by atomic mass is 35.5. The SMILES string of the molecule is O=[N+]([O-])CC(C[N+](=O)[O-])=C(Cl)Cl. The highest BCUT2D eigenvalue weighted by Gasteiger charge is 2.15. The second-order valence-corrected chi connectivity index (χ2v) is 2.80. The predicted octanol–water partition coefficient (Wildman–Crippen LogP) is 1.23. The summed E-state index contributed by atoms with van der Waals surface area (Å²) in [6.07, 6.45) is 0. The van der Waals surface area contributed by atoms with Gasteiger partial charge in [-0.05, 0) is 0 Å². The maximum Gasteiger partial charge on any atom is 0.233 e. The van der Waals surface area contributed by atoms with Crippen LogP contribution in [-0.2, 0) is 0 Å². The van der Waals surface area contributed by atoms with E-state index in [1.807, 2.05) is 0 Å². The Bertz CT molecular complexity index is 217. The van der Waals surface area contributed by atoms with E-state index in [4.69, 9.17) is 23.2 Å². The van der Waals surface area contributed by atoms with Crippen LogP contribution in [0.3, 0.4) is 0 Å². The van der Waals surface area contributed by atoms with Crippen LogP contribution < -0.4 is 0 Å². The molecule has 0 spiro atoms. The number of halogens is 2. The summed E-state index contributed by atoms with van der Waals surface area (Å²) < 4.78 is -0.414. The molecule has 6 nitrogen and oxygen atoms in total. The zero-order chi connectivity index (χ0) is 9.72. The fourth-order valence-electron chi connectivity index (χ4n) is 0.481. The molecule has 0 bridgehead atoms. The van der Waals surface area contributed by atoms with Crippen molar-refractivity contribution >= 4 is 23.2 Å². The van der Waals surface area contributed by atoms with Gasteiger partial charge < -0.3 is 0 Å². The molecular weight excluding hydrogens is 211 g/mol. The summed E-state index contributed by atoms with van der Waals surface area (Å²) in [6.45, 7) is -1.41. The number of hydrogen-bond acceptors (Lipinski definition) is 4. The summed E-state index contributed by atoms with van der Waals surface area (Å²) in [5.41, 5.74) is -0.201. The minimum atomic E-state index is -0.733. The summed E-state index contributed by atoms with van der Waals surface area (Å²) in [5, 5.41) is 19.9. The molecule has 0 aromatic rings. The lowest BCUT2D eigenvalue weighted by Crippen LogP contribution is -2.13. The Morgan fingerprint density at radius 3 is 1.58 bits per heavy atom. The zero-order valence-electron chi connectivity index (χ0n) is 5.70. The Kier molecular flexibility index (Phi) is 4.53. The highest BCUT2D eigenvalue weighted by molar-refractivity contribution is 6.56. The number of hydrogen-bond donors (Lipinski definition) is 0. The summed E-state index contributed by atoms with van der Waals surface area (Å²) in [4.78, 5) is 18.4. The van der Waals surface area contributed by atoms with Crippen LogP contribution in [0.4, 0.5) is 0 Å². The molecule has 0 aliphatic carbocycles. The fraction of sp³-hybridized carbons (Fsp3) is 0.500. The van der Waals surface area contributed by atoms with E-state index in [1.54, 1.807) is 0 Å². The Balaban J connectivity index is 4.37. The van der Waals surface area contributed by atoms with Crippen LogP contribution in [-0.4, -0.2) is 22.9 Å². The van der Waals surface area contributed by atoms with Crippen LogP contribution in [0.25, 0.3) is 0 Å². The molecule has 0 aliphatic rings. The minimum absolute atomic E-state index is 0.201. The smallest absolute Gasteiger partial charge is 0.233 e. The van der Waals surface area contributed by atoms with Crippen molar-refractivity contribution in [1.82, 2.24) is 0 Å². The van der Waals surface area contributed by atoms with Gasteiger partial charge in [-0.1, -0.05) is 23.2 Å². The topological polar surface area (TPSA) is 86.3 Å². The van der Waals surface area contributed by atoms with E-state index < -0.39 is 27.4 Å². The van der Waals surface area contributed by atoms with Crippen molar-refractivity contribution in [3.63, 3.8) is 0 Å². The van der Waals surface area contributed by atoms with Crippen molar-refractivity contribution in [2.45, 2.75) is 0 Å². The van der Waals surface area contributed by atoms with Gasteiger partial charge in [0.25, 0.3) is 0 Å². The monoisotopic (exact) mass is 214 g/mol. The number of nitro groups is 2. The maximum absolute atomic E-state index is 9.93. The lowest BCUT2D eigenvalue weighted by atomic mass is 10.3. The van der Waals surface area contributed by atoms with Crippen molar-refractivity contribution in [2.24, 2.45) is 0 Å². The van der Waals surface area contributed by atoms with E-state index >= 15 is 0 Å². The molecule has 0 heterocycles. The Hall–Kier alpha value is -0.880. The second kappa shape index (κ2) is 4.89. The van der Waals surface area contributed by atoms with Crippen molar-refractivity contribution in [3.05, 3.63) is 30.3 Å². The van der Waals surface area contributed by atoms with Crippen LogP contribution in [0.2, 0.25) is 0 Å². The predicted molar refractivity (Wildman–Crippen MR) is 42.5 cm³/mol. The van der Waals surface area contributed by atoms with E-state index in [1.165, 1.54) is 0 Å². The van der Waals surface area contributed by atoms with Crippen molar-refractivity contribution in [2.75, 3.05) is 13.1 Å². The third-order valence-corrected chi connectivity index (χ3v) is 1.44. The van der Waals surface area contributed by atoms with E-state index in [0.717, 1.165) is 0 Å². The van der Waals surface area contributed by atoms with Crippen molar-refractivity contribution in [1.29, 1.82) is 0 Å². The second-order valence-electron chi connectivity index (χ2n) is 1.85. The van der Waals surface area contributed by atoms with Crippen LogP contribution in [0.15, 0.2) is 10.1 Å². The van der Waals surface area contributed by atoms with Crippen molar-refractivity contribution < 1.29 is 9.85 Å². The molecule has 12 heavy (non-hydrogen) atoms. The van der Waals surface area contributed by atoms with Crippen LogP contribution in [0.5, 0.6) is 0 Å². The third-order valence-electron chi connectivity index (χ3n) is 0.907. The molecular formula is C4H4Cl2N2O4. The van der Waals surface area contributed by atoms with Crippen LogP contribution >= 0.6 is 23.2 Å². The van der Waals surface area contributed by atoms with Gasteiger partial charge >= 0.3 is 0 Å². The summed E-state index contributed by atoms with van der Waals surface area (Å²) in [7, 11) is 0. The summed E-state index contributed by atoms with van der Waals surface area (Å²) >= 11 is 10.3. The van der Waals surface area contributed by atoms with Gasteiger partial charge in [0.2, 0.25) is 13.1 Å². The van der Waals surface area contributed by atoms with Gasteiger partial charge in [-0.2, -0.15) is 0 Å². The van der Waals surface area contributed by atoms with Gasteiger partial charge in [0, 0.05) is 9.85 Å². The Morgan fingerprint density at radius 2 is 1.42 bits per heavy atom.